The number of hydrogen-bond acceptors (Lipinski definition) is 3. The average molecular weight is 337 g/mol. The van der Waals surface area contributed by atoms with E-state index in [1.54, 1.807) is 0 Å². The van der Waals surface area contributed by atoms with Gasteiger partial charge in [-0.1, -0.05) is 13.8 Å². The van der Waals surface area contributed by atoms with Crippen molar-refractivity contribution in [2.45, 2.75) is 31.2 Å². The van der Waals surface area contributed by atoms with Crippen molar-refractivity contribution >= 4 is 31.6 Å². The van der Waals surface area contributed by atoms with Crippen LogP contribution in [0.5, 0.6) is 0 Å². The first kappa shape index (κ1) is 13.8. The molecule has 1 aliphatic carbocycles. The number of hydrogen-bond donors (Lipinski definition) is 2. The van der Waals surface area contributed by atoms with Crippen LogP contribution in [0, 0.1) is 11.2 Å². The van der Waals surface area contributed by atoms with Crippen molar-refractivity contribution < 1.29 is 12.8 Å². The highest BCUT2D eigenvalue weighted by molar-refractivity contribution is 9.10. The van der Waals surface area contributed by atoms with Gasteiger partial charge in [-0.15, -0.1) is 0 Å². The summed E-state index contributed by atoms with van der Waals surface area (Å²) in [7, 11) is -3.68. The molecule has 1 saturated carbocycles. The number of benzene rings is 1. The predicted octanol–water partition coefficient (Wildman–Crippen LogP) is 2.25. The number of rotatable bonds is 3. The highest BCUT2D eigenvalue weighted by atomic mass is 79.9. The third-order valence-corrected chi connectivity index (χ3v) is 5.58. The number of sulfonamides is 1. The third kappa shape index (κ3) is 2.53. The molecule has 100 valence electrons. The Morgan fingerprint density at radius 1 is 1.50 bits per heavy atom. The fourth-order valence-corrected chi connectivity index (χ4v) is 4.13. The monoisotopic (exact) mass is 336 g/mol. The number of halogens is 2. The molecule has 0 spiro atoms. The summed E-state index contributed by atoms with van der Waals surface area (Å²) in [4.78, 5) is -0.0379. The van der Waals surface area contributed by atoms with Crippen LogP contribution in [0.3, 0.4) is 0 Å². The van der Waals surface area contributed by atoms with Crippen molar-refractivity contribution in [2.24, 2.45) is 5.41 Å². The lowest BCUT2D eigenvalue weighted by atomic mass is 10.2. The van der Waals surface area contributed by atoms with Crippen molar-refractivity contribution in [2.75, 3.05) is 5.73 Å². The zero-order valence-electron chi connectivity index (χ0n) is 10.00. The lowest BCUT2D eigenvalue weighted by molar-refractivity contribution is 0.554. The molecule has 1 atom stereocenters. The van der Waals surface area contributed by atoms with E-state index < -0.39 is 15.8 Å². The SMILES string of the molecule is CC1(C)CC1NS(=O)(=O)c1cc(N)c(F)cc1Br. The summed E-state index contributed by atoms with van der Waals surface area (Å²) in [5, 5.41) is 0. The average Bonchev–Trinajstić information content (AvgIpc) is 2.78. The Morgan fingerprint density at radius 3 is 2.56 bits per heavy atom. The Labute approximate surface area is 114 Å². The molecular formula is C11H14BrFN2O2S. The van der Waals surface area contributed by atoms with Crippen LogP contribution in [0.1, 0.15) is 20.3 Å². The third-order valence-electron chi connectivity index (χ3n) is 3.15. The zero-order chi connectivity index (χ0) is 13.7. The van der Waals surface area contributed by atoms with Gasteiger partial charge in [-0.3, -0.25) is 0 Å². The second-order valence-corrected chi connectivity index (χ2v) is 7.71. The molecule has 0 bridgehead atoms. The van der Waals surface area contributed by atoms with Crippen molar-refractivity contribution in [3.05, 3.63) is 22.4 Å². The van der Waals surface area contributed by atoms with Gasteiger partial charge in [0.05, 0.1) is 10.6 Å². The summed E-state index contributed by atoms with van der Waals surface area (Å²) in [6.45, 7) is 3.96. The fourth-order valence-electron chi connectivity index (χ4n) is 1.67. The molecule has 1 unspecified atom stereocenters. The number of nitrogen functional groups attached to an aromatic ring is 1. The van der Waals surface area contributed by atoms with E-state index in [2.05, 4.69) is 20.7 Å². The second kappa shape index (κ2) is 4.18. The van der Waals surface area contributed by atoms with Crippen molar-refractivity contribution in [3.63, 3.8) is 0 Å². The van der Waals surface area contributed by atoms with Gasteiger partial charge in [0.25, 0.3) is 0 Å². The van der Waals surface area contributed by atoms with E-state index in [1.165, 1.54) is 0 Å². The Morgan fingerprint density at radius 2 is 2.06 bits per heavy atom. The smallest absolute Gasteiger partial charge is 0.242 e. The highest BCUT2D eigenvalue weighted by Crippen LogP contribution is 2.45. The summed E-state index contributed by atoms with van der Waals surface area (Å²) in [6, 6.07) is 2.10. The summed E-state index contributed by atoms with van der Waals surface area (Å²) >= 11 is 3.04. The summed E-state index contributed by atoms with van der Waals surface area (Å²) in [5.74, 6) is -0.646. The van der Waals surface area contributed by atoms with Gasteiger partial charge >= 0.3 is 0 Å². The molecule has 0 saturated heterocycles. The zero-order valence-corrected chi connectivity index (χ0v) is 12.4. The molecule has 1 fully saturated rings. The van der Waals surface area contributed by atoms with Gasteiger partial charge < -0.3 is 5.73 Å². The lowest BCUT2D eigenvalue weighted by Crippen LogP contribution is -2.29. The molecule has 0 amide bonds. The van der Waals surface area contributed by atoms with Crippen LogP contribution in [0.25, 0.3) is 0 Å². The van der Waals surface area contributed by atoms with E-state index >= 15 is 0 Å². The molecule has 1 aromatic carbocycles. The molecule has 0 heterocycles. The van der Waals surface area contributed by atoms with Gasteiger partial charge in [-0.2, -0.15) is 0 Å². The minimum Gasteiger partial charge on any atom is -0.396 e. The van der Waals surface area contributed by atoms with Crippen LogP contribution in [0.2, 0.25) is 0 Å². The maximum absolute atomic E-state index is 13.2. The fraction of sp³-hybridized carbons (Fsp3) is 0.455. The van der Waals surface area contributed by atoms with Crippen LogP contribution in [-0.4, -0.2) is 14.5 Å². The Bertz CT molecular complexity index is 601. The first-order valence-electron chi connectivity index (χ1n) is 5.40. The Hall–Kier alpha value is -0.660. The largest absolute Gasteiger partial charge is 0.396 e. The Balaban J connectivity index is 2.33. The molecule has 1 aliphatic rings. The maximum Gasteiger partial charge on any atom is 0.242 e. The first-order valence-corrected chi connectivity index (χ1v) is 7.68. The van der Waals surface area contributed by atoms with E-state index in [1.807, 2.05) is 13.8 Å². The summed E-state index contributed by atoms with van der Waals surface area (Å²) in [5.41, 5.74) is 5.19. The van der Waals surface area contributed by atoms with E-state index in [0.29, 0.717) is 0 Å². The van der Waals surface area contributed by atoms with Gasteiger partial charge in [-0.25, -0.2) is 17.5 Å². The molecule has 0 aromatic heterocycles. The minimum absolute atomic E-state index is 0.0227. The molecule has 18 heavy (non-hydrogen) atoms. The van der Waals surface area contributed by atoms with E-state index in [-0.39, 0.29) is 26.5 Å². The normalized spacial score (nSPS) is 21.9. The van der Waals surface area contributed by atoms with E-state index in [4.69, 9.17) is 5.73 Å². The van der Waals surface area contributed by atoms with Gasteiger partial charge in [0.15, 0.2) is 0 Å². The molecule has 1 aromatic rings. The maximum atomic E-state index is 13.2. The second-order valence-electron chi connectivity index (χ2n) is 5.17. The van der Waals surface area contributed by atoms with Gasteiger partial charge in [0, 0.05) is 10.5 Å². The van der Waals surface area contributed by atoms with Crippen LogP contribution >= 0.6 is 15.9 Å². The number of anilines is 1. The number of nitrogens with two attached hydrogens (primary N) is 1. The molecule has 7 heteroatoms. The quantitative estimate of drug-likeness (QED) is 0.831. The van der Waals surface area contributed by atoms with Crippen molar-refractivity contribution in [1.29, 1.82) is 0 Å². The lowest BCUT2D eigenvalue weighted by Gasteiger charge is -2.10. The molecular weight excluding hydrogens is 323 g/mol. The van der Waals surface area contributed by atoms with Crippen molar-refractivity contribution in [3.8, 4) is 0 Å². The Kier molecular flexibility index (Phi) is 3.19. The molecule has 0 radical (unpaired) electrons. The standard InChI is InChI=1S/C11H14BrFN2O2S/c1-11(2)5-10(11)15-18(16,17)9-4-8(14)7(13)3-6(9)12/h3-4,10,15H,5,14H2,1-2H3. The predicted molar refractivity (Wildman–Crippen MR) is 71.0 cm³/mol. The van der Waals surface area contributed by atoms with Gasteiger partial charge in [0.1, 0.15) is 5.82 Å². The van der Waals surface area contributed by atoms with E-state index in [9.17, 15) is 12.8 Å². The molecule has 2 rings (SSSR count). The molecule has 0 aliphatic heterocycles. The van der Waals surface area contributed by atoms with Crippen LogP contribution < -0.4 is 10.5 Å². The minimum atomic E-state index is -3.68. The molecule has 3 N–H and O–H groups in total. The van der Waals surface area contributed by atoms with Gasteiger partial charge in [0.2, 0.25) is 10.0 Å². The topological polar surface area (TPSA) is 72.2 Å². The summed E-state index contributed by atoms with van der Waals surface area (Å²) < 4.78 is 40.2. The number of nitrogens with one attached hydrogen (secondary N) is 1. The van der Waals surface area contributed by atoms with Crippen LogP contribution in [0.4, 0.5) is 10.1 Å². The van der Waals surface area contributed by atoms with Crippen LogP contribution in [0.15, 0.2) is 21.5 Å². The highest BCUT2D eigenvalue weighted by Gasteiger charge is 2.48. The molecule has 4 nitrogen and oxygen atoms in total. The first-order chi connectivity index (χ1) is 8.13. The van der Waals surface area contributed by atoms with Gasteiger partial charge in [-0.05, 0) is 39.9 Å². The van der Waals surface area contributed by atoms with E-state index in [0.717, 1.165) is 18.6 Å². The van der Waals surface area contributed by atoms with Crippen molar-refractivity contribution in [1.82, 2.24) is 4.72 Å². The summed E-state index contributed by atoms with van der Waals surface area (Å²) in [6.07, 6.45) is 0.792. The van der Waals surface area contributed by atoms with Crippen LogP contribution in [-0.2, 0) is 10.0 Å².